The summed E-state index contributed by atoms with van der Waals surface area (Å²) in [6.07, 6.45) is 5.25. The minimum absolute atomic E-state index is 0.0219. The van der Waals surface area contributed by atoms with Crippen molar-refractivity contribution in [1.82, 2.24) is 19.9 Å². The Balaban J connectivity index is 1.71. The molecule has 3 heterocycles. The maximum Gasteiger partial charge on any atom is 0.257 e. The summed E-state index contributed by atoms with van der Waals surface area (Å²) in [5, 5.41) is 10.4. The Bertz CT molecular complexity index is 750. The number of anilines is 1. The molecule has 1 N–H and O–H groups in total. The molecule has 0 radical (unpaired) electrons. The number of β-amino-alcohol motifs (C(OH)–C–C–N with tert-alkyl or cyclic N) is 1. The van der Waals surface area contributed by atoms with Gasteiger partial charge < -0.3 is 14.9 Å². The first-order valence-corrected chi connectivity index (χ1v) is 8.33. The quantitative estimate of drug-likeness (QED) is 0.890. The van der Waals surface area contributed by atoms with Gasteiger partial charge in [0.1, 0.15) is 0 Å². The molecule has 7 nitrogen and oxygen atoms in total. The number of amides is 1. The molecule has 0 aromatic carbocycles. The van der Waals surface area contributed by atoms with Gasteiger partial charge in [0.15, 0.2) is 0 Å². The number of carbonyl (C=O) groups is 1. The smallest absolute Gasteiger partial charge is 0.257 e. The highest BCUT2D eigenvalue weighted by atomic mass is 16.3. The van der Waals surface area contributed by atoms with Crippen LogP contribution in [0.2, 0.25) is 0 Å². The highest BCUT2D eigenvalue weighted by Gasteiger charge is 2.35. The van der Waals surface area contributed by atoms with Crippen LogP contribution in [0.4, 0.5) is 5.95 Å². The van der Waals surface area contributed by atoms with Crippen LogP contribution < -0.4 is 4.90 Å². The maximum atomic E-state index is 12.8. The summed E-state index contributed by atoms with van der Waals surface area (Å²) in [5.74, 6) is 0.471. The molecule has 2 aromatic rings. The van der Waals surface area contributed by atoms with Gasteiger partial charge in [-0.1, -0.05) is 0 Å². The average molecular weight is 341 g/mol. The Labute approximate surface area is 147 Å². The van der Waals surface area contributed by atoms with Crippen molar-refractivity contribution in [1.29, 1.82) is 0 Å². The van der Waals surface area contributed by atoms with Crippen molar-refractivity contribution in [3.05, 3.63) is 47.5 Å². The van der Waals surface area contributed by atoms with Gasteiger partial charge in [-0.05, 0) is 31.0 Å². The number of rotatable bonds is 4. The molecule has 1 amide bonds. The van der Waals surface area contributed by atoms with Gasteiger partial charge in [-0.3, -0.25) is 9.78 Å². The lowest BCUT2D eigenvalue weighted by atomic mass is 9.97. The van der Waals surface area contributed by atoms with Crippen LogP contribution in [0, 0.1) is 12.8 Å². The van der Waals surface area contributed by atoms with Gasteiger partial charge in [-0.15, -0.1) is 0 Å². The lowest BCUT2D eigenvalue weighted by Gasteiger charge is -2.18. The molecule has 2 aromatic heterocycles. The standard InChI is InChI=1S/C18H23N5O2/c1-12-15(9-20-18(21-12)22(2)3)17(25)23-10-14(16(24)11-23)8-13-4-6-19-7-5-13/h4-7,9,14,16,24H,8,10-11H2,1-3H3/t14-,16-/m1/s1. The van der Waals surface area contributed by atoms with Crippen LogP contribution in [-0.2, 0) is 6.42 Å². The van der Waals surface area contributed by atoms with Crippen LogP contribution in [0.25, 0.3) is 0 Å². The number of hydrogen-bond acceptors (Lipinski definition) is 6. The van der Waals surface area contributed by atoms with E-state index in [4.69, 9.17) is 0 Å². The normalized spacial score (nSPS) is 19.9. The Hall–Kier alpha value is -2.54. The molecule has 1 aliphatic rings. The van der Waals surface area contributed by atoms with Gasteiger partial charge in [0.05, 0.1) is 17.4 Å². The third-order valence-electron chi connectivity index (χ3n) is 4.54. The van der Waals surface area contributed by atoms with Gasteiger partial charge in [0.25, 0.3) is 5.91 Å². The molecule has 1 fully saturated rings. The van der Waals surface area contributed by atoms with Crippen LogP contribution in [-0.4, -0.2) is 64.2 Å². The molecule has 0 spiro atoms. The number of aliphatic hydroxyl groups is 1. The number of carbonyl (C=O) groups excluding carboxylic acids is 1. The fourth-order valence-electron chi connectivity index (χ4n) is 3.09. The maximum absolute atomic E-state index is 12.8. The molecule has 0 saturated carbocycles. The lowest BCUT2D eigenvalue weighted by Crippen LogP contribution is -2.30. The molecule has 0 unspecified atom stereocenters. The van der Waals surface area contributed by atoms with E-state index in [1.807, 2.05) is 33.2 Å². The number of aromatic nitrogens is 3. The van der Waals surface area contributed by atoms with Crippen LogP contribution >= 0.6 is 0 Å². The van der Waals surface area contributed by atoms with Crippen molar-refractivity contribution in [3.8, 4) is 0 Å². The van der Waals surface area contributed by atoms with E-state index in [2.05, 4.69) is 15.0 Å². The van der Waals surface area contributed by atoms with Crippen LogP contribution in [0.5, 0.6) is 0 Å². The number of aryl methyl sites for hydroxylation is 1. The van der Waals surface area contributed by atoms with Crippen molar-refractivity contribution in [2.24, 2.45) is 5.92 Å². The number of pyridine rings is 1. The van der Waals surface area contributed by atoms with Crippen LogP contribution in [0.1, 0.15) is 21.6 Å². The molecule has 1 aliphatic heterocycles. The third kappa shape index (κ3) is 3.76. The second kappa shape index (κ2) is 7.14. The zero-order valence-corrected chi connectivity index (χ0v) is 14.8. The molecular weight excluding hydrogens is 318 g/mol. The van der Waals surface area contributed by atoms with Gasteiger partial charge >= 0.3 is 0 Å². The average Bonchev–Trinajstić information content (AvgIpc) is 2.96. The Morgan fingerprint density at radius 1 is 1.32 bits per heavy atom. The van der Waals surface area contributed by atoms with E-state index < -0.39 is 6.10 Å². The van der Waals surface area contributed by atoms with E-state index in [1.54, 1.807) is 28.4 Å². The molecule has 2 atom stereocenters. The summed E-state index contributed by atoms with van der Waals surface area (Å²) < 4.78 is 0. The molecule has 25 heavy (non-hydrogen) atoms. The summed E-state index contributed by atoms with van der Waals surface area (Å²) in [7, 11) is 3.72. The predicted octanol–water partition coefficient (Wildman–Crippen LogP) is 0.922. The number of nitrogens with zero attached hydrogens (tertiary/aromatic N) is 5. The van der Waals surface area contributed by atoms with Gasteiger partial charge in [-0.2, -0.15) is 0 Å². The molecule has 0 aliphatic carbocycles. The fraction of sp³-hybridized carbons (Fsp3) is 0.444. The number of hydrogen-bond donors (Lipinski definition) is 1. The molecule has 7 heteroatoms. The largest absolute Gasteiger partial charge is 0.391 e. The minimum Gasteiger partial charge on any atom is -0.391 e. The molecule has 1 saturated heterocycles. The second-order valence-corrected chi connectivity index (χ2v) is 6.66. The monoisotopic (exact) mass is 341 g/mol. The Morgan fingerprint density at radius 2 is 2.04 bits per heavy atom. The van der Waals surface area contributed by atoms with Crippen LogP contribution in [0.15, 0.2) is 30.7 Å². The highest BCUT2D eigenvalue weighted by molar-refractivity contribution is 5.95. The summed E-state index contributed by atoms with van der Waals surface area (Å²) in [5.41, 5.74) is 2.25. The van der Waals surface area contributed by atoms with Crippen molar-refractivity contribution in [2.75, 3.05) is 32.1 Å². The topological polar surface area (TPSA) is 82.5 Å². The van der Waals surface area contributed by atoms with Gasteiger partial charge in [0, 0.05) is 51.7 Å². The highest BCUT2D eigenvalue weighted by Crippen LogP contribution is 2.23. The fourth-order valence-corrected chi connectivity index (χ4v) is 3.09. The second-order valence-electron chi connectivity index (χ2n) is 6.66. The predicted molar refractivity (Wildman–Crippen MR) is 94.4 cm³/mol. The third-order valence-corrected chi connectivity index (χ3v) is 4.54. The molecule has 0 bridgehead atoms. The summed E-state index contributed by atoms with van der Waals surface area (Å²) in [4.78, 5) is 28.9. The number of aliphatic hydroxyl groups excluding tert-OH is 1. The van der Waals surface area contributed by atoms with Crippen LogP contribution in [0.3, 0.4) is 0 Å². The first-order chi connectivity index (χ1) is 12.0. The first-order valence-electron chi connectivity index (χ1n) is 8.33. The summed E-state index contributed by atoms with van der Waals surface area (Å²) in [6, 6.07) is 3.88. The summed E-state index contributed by atoms with van der Waals surface area (Å²) >= 11 is 0. The van der Waals surface area contributed by atoms with Crippen molar-refractivity contribution < 1.29 is 9.90 Å². The molecular formula is C18H23N5O2. The van der Waals surface area contributed by atoms with E-state index in [-0.39, 0.29) is 11.8 Å². The molecule has 3 rings (SSSR count). The van der Waals surface area contributed by atoms with Gasteiger partial charge in [0.2, 0.25) is 5.95 Å². The van der Waals surface area contributed by atoms with E-state index in [1.165, 1.54) is 0 Å². The first kappa shape index (κ1) is 17.3. The van der Waals surface area contributed by atoms with Crippen molar-refractivity contribution in [2.45, 2.75) is 19.4 Å². The number of likely N-dealkylation sites (tertiary alicyclic amines) is 1. The molecule has 132 valence electrons. The lowest BCUT2D eigenvalue weighted by molar-refractivity contribution is 0.0763. The van der Waals surface area contributed by atoms with E-state index >= 15 is 0 Å². The minimum atomic E-state index is -0.528. The zero-order chi connectivity index (χ0) is 18.0. The Kier molecular flexibility index (Phi) is 4.94. The van der Waals surface area contributed by atoms with Gasteiger partial charge in [-0.25, -0.2) is 9.97 Å². The summed E-state index contributed by atoms with van der Waals surface area (Å²) in [6.45, 7) is 2.67. The van der Waals surface area contributed by atoms with E-state index in [0.717, 1.165) is 12.0 Å². The van der Waals surface area contributed by atoms with Crippen molar-refractivity contribution in [3.63, 3.8) is 0 Å². The van der Waals surface area contributed by atoms with E-state index in [0.29, 0.717) is 30.3 Å². The van der Waals surface area contributed by atoms with E-state index in [9.17, 15) is 9.90 Å². The zero-order valence-electron chi connectivity index (χ0n) is 14.8. The van der Waals surface area contributed by atoms with Crippen molar-refractivity contribution >= 4 is 11.9 Å². The Morgan fingerprint density at radius 3 is 2.68 bits per heavy atom. The SMILES string of the molecule is Cc1nc(N(C)C)ncc1C(=O)N1C[C@@H](Cc2ccncc2)[C@H](O)C1.